The predicted molar refractivity (Wildman–Crippen MR) is 148 cm³/mol. The van der Waals surface area contributed by atoms with Gasteiger partial charge in [0.2, 0.25) is 18.4 Å². The molecule has 1 N–H and O–H groups in total. The van der Waals surface area contributed by atoms with Crippen LogP contribution in [-0.4, -0.2) is 72.9 Å². The monoisotopic (exact) mass is 530 g/mol. The second kappa shape index (κ2) is 13.4. The Labute approximate surface area is 227 Å². The quantitative estimate of drug-likeness (QED) is 0.326. The van der Waals surface area contributed by atoms with Gasteiger partial charge in [-0.2, -0.15) is 0 Å². The maximum atomic E-state index is 13.6. The maximum Gasteiger partial charge on any atom is 0.308 e. The topological polar surface area (TPSA) is 88.5 Å². The number of carboxylic acid groups (broad SMARTS) is 1. The van der Waals surface area contributed by atoms with Gasteiger partial charge in [0, 0.05) is 31.6 Å². The number of hydrogen-bond donors (Lipinski definition) is 1. The van der Waals surface area contributed by atoms with Gasteiger partial charge in [-0.15, -0.1) is 0 Å². The fourth-order valence-electron chi connectivity index (χ4n) is 5.84. The van der Waals surface area contributed by atoms with E-state index in [1.54, 1.807) is 7.11 Å². The number of amides is 1. The van der Waals surface area contributed by atoms with Gasteiger partial charge in [-0.25, -0.2) is 0 Å². The Morgan fingerprint density at radius 3 is 2.45 bits per heavy atom. The second-order valence-corrected chi connectivity index (χ2v) is 11.2. The van der Waals surface area contributed by atoms with Gasteiger partial charge in [-0.3, -0.25) is 14.5 Å². The zero-order chi connectivity index (χ0) is 27.9. The third-order valence-corrected chi connectivity index (χ3v) is 7.75. The minimum atomic E-state index is -0.850. The number of benzene rings is 1. The number of methoxy groups -OCH3 is 1. The number of ether oxygens (including phenoxy) is 3. The van der Waals surface area contributed by atoms with Crippen molar-refractivity contribution in [1.82, 2.24) is 9.80 Å². The van der Waals surface area contributed by atoms with E-state index in [2.05, 4.69) is 38.7 Å². The molecule has 0 spiro atoms. The molecule has 8 heteroatoms. The van der Waals surface area contributed by atoms with Gasteiger partial charge < -0.3 is 24.2 Å². The molecule has 0 aliphatic carbocycles. The molecule has 1 aromatic rings. The molecule has 0 aromatic heterocycles. The first-order valence-electron chi connectivity index (χ1n) is 14.0. The van der Waals surface area contributed by atoms with Crippen LogP contribution in [0.2, 0.25) is 0 Å². The summed E-state index contributed by atoms with van der Waals surface area (Å²) in [6.45, 7) is 12.8. The number of carbonyl (C=O) groups excluding carboxylic acids is 1. The lowest BCUT2D eigenvalue weighted by molar-refractivity contribution is -0.144. The van der Waals surface area contributed by atoms with Crippen molar-refractivity contribution < 1.29 is 28.9 Å². The summed E-state index contributed by atoms with van der Waals surface area (Å²) in [6.07, 6.45) is 8.73. The van der Waals surface area contributed by atoms with Crippen LogP contribution in [0, 0.1) is 11.3 Å². The first kappa shape index (κ1) is 29.8. The zero-order valence-electron chi connectivity index (χ0n) is 24.0. The number of allylic oxidation sites excluding steroid dienone is 2. The molecule has 3 rings (SSSR count). The number of likely N-dealkylation sites (tertiary alicyclic amines) is 1. The Morgan fingerprint density at radius 1 is 1.18 bits per heavy atom. The summed E-state index contributed by atoms with van der Waals surface area (Å²) in [5.74, 6) is -0.141. The molecule has 8 nitrogen and oxygen atoms in total. The second-order valence-electron chi connectivity index (χ2n) is 11.2. The van der Waals surface area contributed by atoms with E-state index in [0.717, 1.165) is 44.3 Å². The van der Waals surface area contributed by atoms with Crippen LogP contribution in [0.3, 0.4) is 0 Å². The van der Waals surface area contributed by atoms with Crippen molar-refractivity contribution in [3.63, 3.8) is 0 Å². The predicted octanol–water partition coefficient (Wildman–Crippen LogP) is 5.31. The molecular formula is C30H46N2O6. The number of fused-ring (bicyclic) bond motifs is 1. The molecule has 2 heterocycles. The molecule has 2 aliphatic rings. The summed E-state index contributed by atoms with van der Waals surface area (Å²) in [7, 11) is 1.57. The number of nitrogens with zero attached hydrogens (tertiary/aromatic N) is 2. The molecule has 0 radical (unpaired) electrons. The van der Waals surface area contributed by atoms with Crippen LogP contribution in [0.4, 0.5) is 0 Å². The fraction of sp³-hybridized carbons (Fsp3) is 0.667. The molecule has 1 amide bonds. The van der Waals surface area contributed by atoms with Crippen LogP contribution in [0.5, 0.6) is 17.2 Å². The summed E-state index contributed by atoms with van der Waals surface area (Å²) >= 11 is 0. The van der Waals surface area contributed by atoms with Gasteiger partial charge >= 0.3 is 5.97 Å². The van der Waals surface area contributed by atoms with Crippen molar-refractivity contribution in [2.45, 2.75) is 78.7 Å². The largest absolute Gasteiger partial charge is 0.493 e. The zero-order valence-corrected chi connectivity index (χ0v) is 24.0. The van der Waals surface area contributed by atoms with Crippen LogP contribution in [0.15, 0.2) is 24.3 Å². The SMILES string of the molecule is CC=CC(C)(C)C[C@H]1C(C(=O)O)C(c2cc(OC)c3c(c2)OCO3)CN1CC(=O)N(CCCC)CCCC. The van der Waals surface area contributed by atoms with E-state index in [-0.39, 0.29) is 36.6 Å². The standard InChI is InChI=1S/C30H46N2O6/c1-7-10-13-31(14-11-8-2)26(33)19-32-18-22(21-15-24(36-6)28-25(16-21)37-20-38-28)27(29(34)35)23(32)17-30(4,5)12-9-3/h9,12,15-16,22-23,27H,7-8,10-11,13-14,17-20H2,1-6H3,(H,34,35)/t22?,23-,27?/m0/s1. The minimum Gasteiger partial charge on any atom is -0.493 e. The highest BCUT2D eigenvalue weighted by molar-refractivity contribution is 5.79. The van der Waals surface area contributed by atoms with Gasteiger partial charge in [0.05, 0.1) is 19.6 Å². The van der Waals surface area contributed by atoms with Gasteiger partial charge in [0.15, 0.2) is 11.5 Å². The fourth-order valence-corrected chi connectivity index (χ4v) is 5.84. The van der Waals surface area contributed by atoms with Gasteiger partial charge in [0.1, 0.15) is 0 Å². The normalized spacial score (nSPS) is 21.3. The van der Waals surface area contributed by atoms with Crippen LogP contribution < -0.4 is 14.2 Å². The van der Waals surface area contributed by atoms with Crippen molar-refractivity contribution in [2.24, 2.45) is 11.3 Å². The molecule has 2 aliphatic heterocycles. The molecule has 1 saturated heterocycles. The van der Waals surface area contributed by atoms with Crippen LogP contribution >= 0.6 is 0 Å². The smallest absolute Gasteiger partial charge is 0.308 e. The van der Waals surface area contributed by atoms with Gasteiger partial charge in [0.25, 0.3) is 0 Å². The number of aliphatic carboxylic acids is 1. The Balaban J connectivity index is 1.97. The lowest BCUT2D eigenvalue weighted by Gasteiger charge is -2.34. The first-order valence-corrected chi connectivity index (χ1v) is 14.0. The van der Waals surface area contributed by atoms with E-state index in [1.165, 1.54) is 0 Å². The molecule has 0 saturated carbocycles. The number of hydrogen-bond acceptors (Lipinski definition) is 6. The van der Waals surface area contributed by atoms with E-state index in [1.807, 2.05) is 30.0 Å². The maximum absolute atomic E-state index is 13.6. The van der Waals surface area contributed by atoms with E-state index in [4.69, 9.17) is 14.2 Å². The number of carboxylic acids is 1. The third-order valence-electron chi connectivity index (χ3n) is 7.75. The van der Waals surface area contributed by atoms with Crippen molar-refractivity contribution in [3.8, 4) is 17.2 Å². The lowest BCUT2D eigenvalue weighted by Crippen LogP contribution is -2.45. The first-order chi connectivity index (χ1) is 18.1. The highest BCUT2D eigenvalue weighted by Crippen LogP contribution is 2.48. The summed E-state index contributed by atoms with van der Waals surface area (Å²) in [4.78, 5) is 30.5. The number of rotatable bonds is 14. The van der Waals surface area contributed by atoms with Crippen LogP contribution in [0.1, 0.15) is 78.2 Å². The summed E-state index contributed by atoms with van der Waals surface area (Å²) in [6, 6.07) is 3.44. The highest BCUT2D eigenvalue weighted by atomic mass is 16.7. The Morgan fingerprint density at radius 2 is 1.87 bits per heavy atom. The highest BCUT2D eigenvalue weighted by Gasteiger charge is 2.49. The van der Waals surface area contributed by atoms with E-state index in [0.29, 0.717) is 30.2 Å². The molecule has 38 heavy (non-hydrogen) atoms. The van der Waals surface area contributed by atoms with Gasteiger partial charge in [-0.1, -0.05) is 52.7 Å². The molecule has 0 bridgehead atoms. The minimum absolute atomic E-state index is 0.0776. The summed E-state index contributed by atoms with van der Waals surface area (Å²) in [5, 5.41) is 10.5. The van der Waals surface area contributed by atoms with E-state index in [9.17, 15) is 14.7 Å². The molecule has 3 atom stereocenters. The van der Waals surface area contributed by atoms with Crippen molar-refractivity contribution in [2.75, 3.05) is 40.1 Å². The number of unbranched alkanes of at least 4 members (excludes halogenated alkanes) is 2. The third kappa shape index (κ3) is 7.01. The van der Waals surface area contributed by atoms with Crippen LogP contribution in [0.25, 0.3) is 0 Å². The molecule has 1 aromatic carbocycles. The van der Waals surface area contributed by atoms with Crippen molar-refractivity contribution >= 4 is 11.9 Å². The van der Waals surface area contributed by atoms with E-state index >= 15 is 0 Å². The van der Waals surface area contributed by atoms with Crippen molar-refractivity contribution in [3.05, 3.63) is 29.8 Å². The summed E-state index contributed by atoms with van der Waals surface area (Å²) in [5.41, 5.74) is 0.607. The molecule has 212 valence electrons. The Kier molecular flexibility index (Phi) is 10.5. The Bertz CT molecular complexity index is 983. The summed E-state index contributed by atoms with van der Waals surface area (Å²) < 4.78 is 16.8. The average molecular weight is 531 g/mol. The van der Waals surface area contributed by atoms with Crippen molar-refractivity contribution in [1.29, 1.82) is 0 Å². The number of carbonyl (C=O) groups is 2. The molecular weight excluding hydrogens is 484 g/mol. The van der Waals surface area contributed by atoms with Crippen LogP contribution in [-0.2, 0) is 9.59 Å². The Hall–Kier alpha value is -2.74. The molecule has 2 unspecified atom stereocenters. The van der Waals surface area contributed by atoms with Gasteiger partial charge in [-0.05, 0) is 49.3 Å². The average Bonchev–Trinajstić information content (AvgIpc) is 3.48. The lowest BCUT2D eigenvalue weighted by atomic mass is 9.77. The van der Waals surface area contributed by atoms with E-state index < -0.39 is 11.9 Å². The molecule has 1 fully saturated rings.